The molecule has 0 heterocycles. The summed E-state index contributed by atoms with van der Waals surface area (Å²) in [5.74, 6) is -1.50. The molecule has 1 aromatic carbocycles. The minimum Gasteiger partial charge on any atom is -0.444 e. The van der Waals surface area contributed by atoms with E-state index < -0.39 is 38.3 Å². The number of nitrogens with one attached hydrogen (secondary N) is 2. The topological polar surface area (TPSA) is 128 Å². The molecule has 24 heavy (non-hydrogen) atoms. The monoisotopic (exact) mass is 361 g/mol. The molecule has 0 saturated heterocycles. The highest BCUT2D eigenvalue weighted by molar-refractivity contribution is 7.89. The first kappa shape index (κ1) is 19.8. The summed E-state index contributed by atoms with van der Waals surface area (Å²) in [5.41, 5.74) is -0.842. The number of halogens is 1. The van der Waals surface area contributed by atoms with Gasteiger partial charge in [0.1, 0.15) is 11.4 Å². The van der Waals surface area contributed by atoms with Gasteiger partial charge in [-0.3, -0.25) is 4.79 Å². The lowest BCUT2D eigenvalue weighted by Crippen LogP contribution is -2.34. The van der Waals surface area contributed by atoms with Crippen LogP contribution in [0.5, 0.6) is 0 Å². The SMILES string of the molecule is CC(C)(C)OC(=O)NCCC(=O)Nc1ccc(S(N)(=O)=O)cc1F. The summed E-state index contributed by atoms with van der Waals surface area (Å²) >= 11 is 0. The van der Waals surface area contributed by atoms with Gasteiger partial charge in [-0.15, -0.1) is 0 Å². The van der Waals surface area contributed by atoms with Crippen molar-refractivity contribution in [1.29, 1.82) is 0 Å². The third-order valence-electron chi connectivity index (χ3n) is 2.56. The summed E-state index contributed by atoms with van der Waals surface area (Å²) in [6.07, 6.45) is -0.783. The minimum atomic E-state index is -4.02. The van der Waals surface area contributed by atoms with Crippen LogP contribution in [0.3, 0.4) is 0 Å². The van der Waals surface area contributed by atoms with E-state index in [1.807, 2.05) is 0 Å². The van der Waals surface area contributed by atoms with E-state index in [0.717, 1.165) is 12.1 Å². The molecule has 1 aromatic rings. The number of primary sulfonamides is 1. The number of sulfonamides is 1. The van der Waals surface area contributed by atoms with Gasteiger partial charge in [0.25, 0.3) is 0 Å². The third-order valence-corrected chi connectivity index (χ3v) is 3.47. The summed E-state index contributed by atoms with van der Waals surface area (Å²) in [6.45, 7) is 5.10. The van der Waals surface area contributed by atoms with Crippen molar-refractivity contribution in [3.63, 3.8) is 0 Å². The van der Waals surface area contributed by atoms with Crippen molar-refractivity contribution in [2.75, 3.05) is 11.9 Å². The summed E-state index contributed by atoms with van der Waals surface area (Å²) in [4.78, 5) is 22.7. The van der Waals surface area contributed by atoms with E-state index in [4.69, 9.17) is 9.88 Å². The maximum absolute atomic E-state index is 13.8. The van der Waals surface area contributed by atoms with Gasteiger partial charge in [-0.05, 0) is 39.0 Å². The molecule has 0 unspecified atom stereocenters. The van der Waals surface area contributed by atoms with E-state index in [9.17, 15) is 22.4 Å². The van der Waals surface area contributed by atoms with Crippen LogP contribution in [0, 0.1) is 5.82 Å². The fourth-order valence-corrected chi connectivity index (χ4v) is 2.10. The Labute approximate surface area is 139 Å². The number of ether oxygens (including phenoxy) is 1. The Morgan fingerprint density at radius 3 is 2.42 bits per heavy atom. The first-order valence-corrected chi connectivity index (χ1v) is 8.52. The number of nitrogens with two attached hydrogens (primary N) is 1. The van der Waals surface area contributed by atoms with Crippen LogP contribution in [0.4, 0.5) is 14.9 Å². The molecular formula is C14H20FN3O5S. The molecule has 0 fully saturated rings. The second kappa shape index (κ2) is 7.58. The lowest BCUT2D eigenvalue weighted by Gasteiger charge is -2.19. The predicted molar refractivity (Wildman–Crippen MR) is 85.3 cm³/mol. The Hall–Kier alpha value is -2.20. The molecular weight excluding hydrogens is 341 g/mol. The number of benzene rings is 1. The molecule has 0 aromatic heterocycles. The lowest BCUT2D eigenvalue weighted by atomic mass is 10.2. The zero-order valence-corrected chi connectivity index (χ0v) is 14.4. The Bertz CT molecular complexity index is 728. The van der Waals surface area contributed by atoms with Crippen LogP contribution in [0.1, 0.15) is 27.2 Å². The summed E-state index contributed by atoms with van der Waals surface area (Å²) in [5, 5.41) is 9.54. The summed E-state index contributed by atoms with van der Waals surface area (Å²) < 4.78 is 40.9. The van der Waals surface area contributed by atoms with Crippen LogP contribution >= 0.6 is 0 Å². The van der Waals surface area contributed by atoms with Crippen LogP contribution in [0.15, 0.2) is 23.1 Å². The molecule has 1 rings (SSSR count). The second-order valence-electron chi connectivity index (χ2n) is 5.91. The van der Waals surface area contributed by atoms with Crippen LogP contribution in [-0.2, 0) is 19.6 Å². The Kier molecular flexibility index (Phi) is 6.27. The molecule has 2 amide bonds. The zero-order chi connectivity index (χ0) is 18.5. The van der Waals surface area contributed by atoms with Crippen molar-refractivity contribution in [2.45, 2.75) is 37.7 Å². The molecule has 0 aliphatic heterocycles. The molecule has 0 bridgehead atoms. The van der Waals surface area contributed by atoms with Gasteiger partial charge >= 0.3 is 6.09 Å². The van der Waals surface area contributed by atoms with Crippen molar-refractivity contribution < 1.29 is 27.1 Å². The van der Waals surface area contributed by atoms with Gasteiger partial charge in [0.2, 0.25) is 15.9 Å². The van der Waals surface area contributed by atoms with Crippen molar-refractivity contribution in [3.8, 4) is 0 Å². The van der Waals surface area contributed by atoms with Gasteiger partial charge in [0.15, 0.2) is 0 Å². The molecule has 4 N–H and O–H groups in total. The number of hydrogen-bond donors (Lipinski definition) is 3. The number of carbonyl (C=O) groups excluding carboxylic acids is 2. The quantitative estimate of drug-likeness (QED) is 0.729. The fourth-order valence-electron chi connectivity index (χ4n) is 1.58. The predicted octanol–water partition coefficient (Wildman–Crippen LogP) is 1.33. The zero-order valence-electron chi connectivity index (χ0n) is 13.6. The van der Waals surface area contributed by atoms with E-state index >= 15 is 0 Å². The largest absolute Gasteiger partial charge is 0.444 e. The average molecular weight is 361 g/mol. The van der Waals surface area contributed by atoms with E-state index in [1.165, 1.54) is 0 Å². The van der Waals surface area contributed by atoms with Crippen molar-refractivity contribution >= 4 is 27.7 Å². The van der Waals surface area contributed by atoms with E-state index in [-0.39, 0.29) is 18.7 Å². The lowest BCUT2D eigenvalue weighted by molar-refractivity contribution is -0.116. The smallest absolute Gasteiger partial charge is 0.407 e. The molecule has 0 radical (unpaired) electrons. The molecule has 8 nitrogen and oxygen atoms in total. The number of rotatable bonds is 5. The van der Waals surface area contributed by atoms with E-state index in [2.05, 4.69) is 10.6 Å². The average Bonchev–Trinajstić information content (AvgIpc) is 2.37. The van der Waals surface area contributed by atoms with Gasteiger partial charge in [-0.1, -0.05) is 0 Å². The maximum Gasteiger partial charge on any atom is 0.407 e. The standard InChI is InChI=1S/C14H20FN3O5S/c1-14(2,3)23-13(20)17-7-6-12(19)18-11-5-4-9(8-10(11)15)24(16,21)22/h4-5,8H,6-7H2,1-3H3,(H,17,20)(H,18,19)(H2,16,21,22). The molecule has 0 saturated carbocycles. The molecule has 10 heteroatoms. The number of carbonyl (C=O) groups is 2. The fraction of sp³-hybridized carbons (Fsp3) is 0.429. The summed E-state index contributed by atoms with van der Waals surface area (Å²) in [6, 6.07) is 2.88. The minimum absolute atomic E-state index is 0.00235. The number of alkyl carbamates (subject to hydrolysis) is 1. The number of hydrogen-bond acceptors (Lipinski definition) is 5. The molecule has 134 valence electrons. The maximum atomic E-state index is 13.8. The first-order chi connectivity index (χ1) is 10.9. The van der Waals surface area contributed by atoms with Crippen molar-refractivity contribution in [2.24, 2.45) is 5.14 Å². The molecule has 0 aliphatic rings. The molecule has 0 aliphatic carbocycles. The third kappa shape index (κ3) is 6.92. The first-order valence-electron chi connectivity index (χ1n) is 6.97. The van der Waals surface area contributed by atoms with Crippen LogP contribution in [0.25, 0.3) is 0 Å². The van der Waals surface area contributed by atoms with Crippen molar-refractivity contribution in [1.82, 2.24) is 5.32 Å². The van der Waals surface area contributed by atoms with E-state index in [1.54, 1.807) is 20.8 Å². The molecule has 0 atom stereocenters. The summed E-state index contributed by atoms with van der Waals surface area (Å²) in [7, 11) is -4.02. The highest BCUT2D eigenvalue weighted by Crippen LogP contribution is 2.18. The van der Waals surface area contributed by atoms with Gasteiger partial charge < -0.3 is 15.4 Å². The Morgan fingerprint density at radius 1 is 1.29 bits per heavy atom. The highest BCUT2D eigenvalue weighted by atomic mass is 32.2. The Morgan fingerprint density at radius 2 is 1.92 bits per heavy atom. The highest BCUT2D eigenvalue weighted by Gasteiger charge is 2.16. The van der Waals surface area contributed by atoms with Crippen LogP contribution in [0.2, 0.25) is 0 Å². The van der Waals surface area contributed by atoms with Crippen LogP contribution in [-0.4, -0.2) is 32.6 Å². The Balaban J connectivity index is 2.53. The normalized spacial score (nSPS) is 11.7. The van der Waals surface area contributed by atoms with Crippen molar-refractivity contribution in [3.05, 3.63) is 24.0 Å². The number of amides is 2. The molecule has 0 spiro atoms. The van der Waals surface area contributed by atoms with Gasteiger partial charge in [-0.2, -0.15) is 0 Å². The van der Waals surface area contributed by atoms with E-state index in [0.29, 0.717) is 6.07 Å². The van der Waals surface area contributed by atoms with Gasteiger partial charge in [0.05, 0.1) is 10.6 Å². The van der Waals surface area contributed by atoms with Crippen LogP contribution < -0.4 is 15.8 Å². The van der Waals surface area contributed by atoms with Gasteiger partial charge in [-0.25, -0.2) is 22.7 Å². The number of anilines is 1. The second-order valence-corrected chi connectivity index (χ2v) is 7.47. The van der Waals surface area contributed by atoms with Gasteiger partial charge in [0, 0.05) is 13.0 Å².